The van der Waals surface area contributed by atoms with Gasteiger partial charge in [0.25, 0.3) is 0 Å². The summed E-state index contributed by atoms with van der Waals surface area (Å²) in [5, 5.41) is 12.3. The fourth-order valence-electron chi connectivity index (χ4n) is 2.03. The average Bonchev–Trinajstić information content (AvgIpc) is 2.69. The summed E-state index contributed by atoms with van der Waals surface area (Å²) in [6.45, 7) is 2.66. The molecular formula is C12H23NO3. The van der Waals surface area contributed by atoms with Gasteiger partial charge in [-0.3, -0.25) is 4.79 Å². The molecule has 0 aromatic carbocycles. The smallest absolute Gasteiger partial charge is 0.220 e. The van der Waals surface area contributed by atoms with Gasteiger partial charge in [0.2, 0.25) is 5.91 Å². The molecule has 1 fully saturated rings. The van der Waals surface area contributed by atoms with Gasteiger partial charge in [-0.2, -0.15) is 0 Å². The van der Waals surface area contributed by atoms with Crippen LogP contribution < -0.4 is 5.32 Å². The van der Waals surface area contributed by atoms with Crippen LogP contribution in [0.2, 0.25) is 0 Å². The van der Waals surface area contributed by atoms with Gasteiger partial charge in [0.15, 0.2) is 0 Å². The molecule has 1 rings (SSSR count). The molecule has 0 aliphatic heterocycles. The summed E-state index contributed by atoms with van der Waals surface area (Å²) in [6.07, 6.45) is 3.99. The molecule has 4 nitrogen and oxygen atoms in total. The number of rotatable bonds is 6. The molecule has 1 aliphatic carbocycles. The summed E-state index contributed by atoms with van der Waals surface area (Å²) in [6, 6.07) is 0. The molecule has 3 unspecified atom stereocenters. The number of methoxy groups -OCH3 is 1. The third-order valence-electron chi connectivity index (χ3n) is 3.28. The second-order valence-corrected chi connectivity index (χ2v) is 4.72. The Labute approximate surface area is 97.4 Å². The first kappa shape index (κ1) is 13.5. The van der Waals surface area contributed by atoms with Crippen LogP contribution in [0.3, 0.4) is 0 Å². The normalized spacial score (nSPS) is 26.7. The molecule has 0 aromatic heterocycles. The highest BCUT2D eigenvalue weighted by molar-refractivity contribution is 5.75. The number of aliphatic hydroxyl groups excluding tert-OH is 1. The highest BCUT2D eigenvalue weighted by Crippen LogP contribution is 2.24. The van der Waals surface area contributed by atoms with E-state index < -0.39 is 0 Å². The second kappa shape index (κ2) is 6.86. The van der Waals surface area contributed by atoms with Crippen molar-refractivity contribution in [3.8, 4) is 0 Å². The van der Waals surface area contributed by atoms with Crippen molar-refractivity contribution in [2.24, 2.45) is 5.92 Å². The molecule has 0 radical (unpaired) electrons. The summed E-state index contributed by atoms with van der Waals surface area (Å²) >= 11 is 0. The van der Waals surface area contributed by atoms with Crippen molar-refractivity contribution >= 4 is 5.91 Å². The zero-order valence-electron chi connectivity index (χ0n) is 10.2. The van der Waals surface area contributed by atoms with Crippen molar-refractivity contribution in [3.63, 3.8) is 0 Å². The fraction of sp³-hybridized carbons (Fsp3) is 0.917. The molecule has 1 aliphatic rings. The Balaban J connectivity index is 2.06. The fourth-order valence-corrected chi connectivity index (χ4v) is 2.03. The lowest BCUT2D eigenvalue weighted by Crippen LogP contribution is -2.29. The van der Waals surface area contributed by atoms with E-state index >= 15 is 0 Å². The van der Waals surface area contributed by atoms with Gasteiger partial charge < -0.3 is 15.2 Å². The molecule has 0 heterocycles. The Morgan fingerprint density at radius 2 is 2.31 bits per heavy atom. The summed E-state index contributed by atoms with van der Waals surface area (Å²) in [7, 11) is 1.66. The third kappa shape index (κ3) is 4.94. The van der Waals surface area contributed by atoms with Crippen LogP contribution in [0.1, 0.15) is 39.0 Å². The Hall–Kier alpha value is -0.610. The third-order valence-corrected chi connectivity index (χ3v) is 3.28. The highest BCUT2D eigenvalue weighted by Gasteiger charge is 2.22. The van der Waals surface area contributed by atoms with Crippen LogP contribution in [-0.2, 0) is 9.53 Å². The maximum absolute atomic E-state index is 11.5. The van der Waals surface area contributed by atoms with Gasteiger partial charge in [-0.05, 0) is 38.5 Å². The summed E-state index contributed by atoms with van der Waals surface area (Å²) < 4.78 is 5.08. The Morgan fingerprint density at radius 1 is 1.56 bits per heavy atom. The van der Waals surface area contributed by atoms with E-state index in [4.69, 9.17) is 4.74 Å². The first-order valence-corrected chi connectivity index (χ1v) is 6.09. The van der Waals surface area contributed by atoms with Gasteiger partial charge in [-0.15, -0.1) is 0 Å². The van der Waals surface area contributed by atoms with Crippen LogP contribution in [0.15, 0.2) is 0 Å². The Kier molecular flexibility index (Phi) is 5.77. The number of ether oxygens (including phenoxy) is 1. The summed E-state index contributed by atoms with van der Waals surface area (Å²) in [5.74, 6) is 0.545. The Morgan fingerprint density at radius 3 is 2.88 bits per heavy atom. The van der Waals surface area contributed by atoms with Gasteiger partial charge in [0, 0.05) is 20.1 Å². The molecule has 0 saturated heterocycles. The van der Waals surface area contributed by atoms with Crippen molar-refractivity contribution in [3.05, 3.63) is 0 Å². The average molecular weight is 229 g/mol. The zero-order valence-corrected chi connectivity index (χ0v) is 10.2. The van der Waals surface area contributed by atoms with E-state index in [2.05, 4.69) is 5.32 Å². The van der Waals surface area contributed by atoms with Gasteiger partial charge in [-0.1, -0.05) is 0 Å². The minimum absolute atomic E-state index is 0.0882. The first-order chi connectivity index (χ1) is 7.61. The van der Waals surface area contributed by atoms with Crippen molar-refractivity contribution in [2.75, 3.05) is 13.7 Å². The lowest BCUT2D eigenvalue weighted by atomic mass is 10.1. The largest absolute Gasteiger partial charge is 0.393 e. The Bertz CT molecular complexity index is 220. The minimum Gasteiger partial charge on any atom is -0.393 e. The van der Waals surface area contributed by atoms with E-state index in [9.17, 15) is 9.90 Å². The highest BCUT2D eigenvalue weighted by atomic mass is 16.5. The van der Waals surface area contributed by atoms with Crippen LogP contribution in [0.4, 0.5) is 0 Å². The molecule has 1 saturated carbocycles. The molecule has 1 amide bonds. The number of nitrogens with one attached hydrogen (secondary N) is 1. The lowest BCUT2D eigenvalue weighted by molar-refractivity contribution is -0.121. The van der Waals surface area contributed by atoms with Crippen molar-refractivity contribution in [2.45, 2.75) is 51.2 Å². The van der Waals surface area contributed by atoms with E-state index in [0.717, 1.165) is 25.7 Å². The monoisotopic (exact) mass is 229 g/mol. The van der Waals surface area contributed by atoms with E-state index in [1.54, 1.807) is 7.11 Å². The maximum Gasteiger partial charge on any atom is 0.220 e. The van der Waals surface area contributed by atoms with Crippen LogP contribution in [0.5, 0.6) is 0 Å². The van der Waals surface area contributed by atoms with Gasteiger partial charge in [0.05, 0.1) is 12.2 Å². The lowest BCUT2D eigenvalue weighted by Gasteiger charge is -2.12. The van der Waals surface area contributed by atoms with E-state index in [-0.39, 0.29) is 18.1 Å². The van der Waals surface area contributed by atoms with E-state index in [1.165, 1.54) is 0 Å². The predicted octanol–water partition coefficient (Wildman–Crippen LogP) is 1.08. The number of carbonyl (C=O) groups excluding carboxylic acids is 1. The molecule has 4 heteroatoms. The topological polar surface area (TPSA) is 58.6 Å². The summed E-state index contributed by atoms with van der Waals surface area (Å²) in [5.41, 5.74) is 0. The first-order valence-electron chi connectivity index (χ1n) is 6.09. The van der Waals surface area contributed by atoms with Crippen LogP contribution >= 0.6 is 0 Å². The van der Waals surface area contributed by atoms with E-state index in [0.29, 0.717) is 18.9 Å². The molecule has 0 bridgehead atoms. The number of amides is 1. The van der Waals surface area contributed by atoms with Crippen LogP contribution in [0.25, 0.3) is 0 Å². The van der Waals surface area contributed by atoms with Gasteiger partial charge >= 0.3 is 0 Å². The standard InChI is InChI=1S/C12H23NO3/c1-9(16-2)3-6-12(15)13-8-10-4-5-11(14)7-10/h9-11,14H,3-8H2,1-2H3,(H,13,15). The van der Waals surface area contributed by atoms with Gasteiger partial charge in [0.1, 0.15) is 0 Å². The van der Waals surface area contributed by atoms with Gasteiger partial charge in [-0.25, -0.2) is 0 Å². The maximum atomic E-state index is 11.5. The summed E-state index contributed by atoms with van der Waals surface area (Å²) in [4.78, 5) is 11.5. The molecule has 3 atom stereocenters. The molecule has 0 aromatic rings. The number of carbonyl (C=O) groups is 1. The van der Waals surface area contributed by atoms with Crippen molar-refractivity contribution < 1.29 is 14.6 Å². The number of hydrogen-bond acceptors (Lipinski definition) is 3. The van der Waals surface area contributed by atoms with E-state index in [1.807, 2.05) is 6.92 Å². The van der Waals surface area contributed by atoms with Crippen LogP contribution in [0, 0.1) is 5.92 Å². The predicted molar refractivity (Wildman–Crippen MR) is 62.1 cm³/mol. The number of hydrogen-bond donors (Lipinski definition) is 2. The van der Waals surface area contributed by atoms with Crippen molar-refractivity contribution in [1.29, 1.82) is 0 Å². The minimum atomic E-state index is -0.157. The number of aliphatic hydroxyl groups is 1. The molecule has 16 heavy (non-hydrogen) atoms. The molecule has 94 valence electrons. The molecule has 0 spiro atoms. The molecular weight excluding hydrogens is 206 g/mol. The zero-order chi connectivity index (χ0) is 12.0. The molecule has 2 N–H and O–H groups in total. The second-order valence-electron chi connectivity index (χ2n) is 4.72. The SMILES string of the molecule is COC(C)CCC(=O)NCC1CCC(O)C1. The van der Waals surface area contributed by atoms with Crippen molar-refractivity contribution in [1.82, 2.24) is 5.32 Å². The quantitative estimate of drug-likeness (QED) is 0.716. The van der Waals surface area contributed by atoms with Crippen LogP contribution in [-0.4, -0.2) is 36.9 Å².